The van der Waals surface area contributed by atoms with E-state index in [1.165, 1.54) is 31.2 Å². The van der Waals surface area contributed by atoms with Crippen LogP contribution in [-0.2, 0) is 0 Å². The van der Waals surface area contributed by atoms with Crippen molar-refractivity contribution in [2.75, 3.05) is 21.1 Å². The molecule has 0 radical (unpaired) electrons. The molecular formula is C15H27NO. The first kappa shape index (κ1) is 16.1. The average molecular weight is 237 g/mol. The zero-order chi connectivity index (χ0) is 12.0. The number of hydrogen-bond acceptors (Lipinski definition) is 1. The van der Waals surface area contributed by atoms with Gasteiger partial charge in [-0.3, -0.25) is 0 Å². The molecule has 0 saturated carbocycles. The monoisotopic (exact) mass is 237 g/mol. The second-order valence-electron chi connectivity index (χ2n) is 5.54. The molecule has 0 aliphatic carbocycles. The molecule has 0 heterocycles. The second kappa shape index (κ2) is 7.46. The molecule has 1 unspecified atom stereocenters. The number of nitrogens with zero attached hydrogens (tertiary/aromatic N) is 1. The first-order valence-electron chi connectivity index (χ1n) is 6.41. The predicted octanol–water partition coefficient (Wildman–Crippen LogP) is 3.84. The van der Waals surface area contributed by atoms with Gasteiger partial charge in [-0.1, -0.05) is 50.1 Å². The fourth-order valence-electron chi connectivity index (χ4n) is 2.26. The molecule has 0 bridgehead atoms. The lowest BCUT2D eigenvalue weighted by Gasteiger charge is -2.34. The minimum absolute atomic E-state index is 0. The Morgan fingerprint density at radius 2 is 1.59 bits per heavy atom. The predicted molar refractivity (Wildman–Crippen MR) is 73.3 cm³/mol. The standard InChI is InChI=1S/C15H26N.H2O/c1-5-6-8-13-15(16(2,3)4)14-11-9-7-10-12-14;/h7,9-12,15H,5-6,8,13H2,1-4H3;1H2/q+1;/p-1. The van der Waals surface area contributed by atoms with Gasteiger partial charge in [0.15, 0.2) is 0 Å². The van der Waals surface area contributed by atoms with E-state index in [0.717, 1.165) is 4.48 Å². The Morgan fingerprint density at radius 1 is 1.00 bits per heavy atom. The molecular weight excluding hydrogens is 210 g/mol. The van der Waals surface area contributed by atoms with Crippen LogP contribution in [0.25, 0.3) is 0 Å². The van der Waals surface area contributed by atoms with E-state index in [4.69, 9.17) is 0 Å². The Hall–Kier alpha value is -0.860. The molecule has 0 fully saturated rings. The smallest absolute Gasteiger partial charge is 0.114 e. The summed E-state index contributed by atoms with van der Waals surface area (Å²) in [4.78, 5) is 0. The van der Waals surface area contributed by atoms with Gasteiger partial charge in [-0.05, 0) is 6.42 Å². The van der Waals surface area contributed by atoms with E-state index in [-0.39, 0.29) is 5.48 Å². The summed E-state index contributed by atoms with van der Waals surface area (Å²) >= 11 is 0. The number of unbranched alkanes of at least 4 members (excludes halogenated alkanes) is 2. The van der Waals surface area contributed by atoms with Crippen molar-refractivity contribution in [3.63, 3.8) is 0 Å². The maximum atomic E-state index is 2.30. The number of quaternary nitrogens is 1. The number of benzene rings is 1. The van der Waals surface area contributed by atoms with Crippen LogP contribution in [0.3, 0.4) is 0 Å². The van der Waals surface area contributed by atoms with E-state index in [1.54, 1.807) is 0 Å². The number of hydrogen-bond donors (Lipinski definition) is 0. The van der Waals surface area contributed by atoms with Crippen LogP contribution in [0.2, 0.25) is 0 Å². The molecule has 0 saturated heterocycles. The number of rotatable bonds is 6. The molecule has 2 nitrogen and oxygen atoms in total. The van der Waals surface area contributed by atoms with Crippen LogP contribution in [0.1, 0.15) is 44.2 Å². The minimum atomic E-state index is 0. The third-order valence-electron chi connectivity index (χ3n) is 3.20. The van der Waals surface area contributed by atoms with Gasteiger partial charge in [-0.2, -0.15) is 0 Å². The summed E-state index contributed by atoms with van der Waals surface area (Å²) in [5.74, 6) is 0. The Labute approximate surface area is 106 Å². The van der Waals surface area contributed by atoms with Gasteiger partial charge in [0, 0.05) is 12.0 Å². The van der Waals surface area contributed by atoms with Crippen molar-refractivity contribution in [3.05, 3.63) is 35.9 Å². The summed E-state index contributed by atoms with van der Waals surface area (Å²) in [5, 5.41) is 0. The van der Waals surface area contributed by atoms with Crippen molar-refractivity contribution in [1.82, 2.24) is 0 Å². The highest BCUT2D eigenvalue weighted by Crippen LogP contribution is 2.28. The topological polar surface area (TPSA) is 30.0 Å². The van der Waals surface area contributed by atoms with Crippen LogP contribution in [0.15, 0.2) is 30.3 Å². The summed E-state index contributed by atoms with van der Waals surface area (Å²) in [6, 6.07) is 11.6. The van der Waals surface area contributed by atoms with Crippen LogP contribution in [0, 0.1) is 0 Å². The van der Waals surface area contributed by atoms with Crippen molar-refractivity contribution in [1.29, 1.82) is 0 Å². The summed E-state index contributed by atoms with van der Waals surface area (Å²) in [5.41, 5.74) is 1.48. The molecule has 1 N–H and O–H groups in total. The van der Waals surface area contributed by atoms with Gasteiger partial charge in [0.1, 0.15) is 6.04 Å². The maximum Gasteiger partial charge on any atom is 0.114 e. The van der Waals surface area contributed by atoms with Gasteiger partial charge < -0.3 is 9.96 Å². The summed E-state index contributed by atoms with van der Waals surface area (Å²) < 4.78 is 1.02. The molecule has 0 aliphatic rings. The third kappa shape index (κ3) is 5.33. The Kier molecular flexibility index (Phi) is 7.09. The normalized spacial score (nSPS) is 12.9. The molecule has 0 amide bonds. The van der Waals surface area contributed by atoms with E-state index in [1.807, 2.05) is 0 Å². The van der Waals surface area contributed by atoms with Gasteiger partial charge in [0.05, 0.1) is 21.1 Å². The highest BCUT2D eigenvalue weighted by molar-refractivity contribution is 5.17. The second-order valence-corrected chi connectivity index (χ2v) is 5.54. The van der Waals surface area contributed by atoms with Gasteiger partial charge in [0.2, 0.25) is 0 Å². The highest BCUT2D eigenvalue weighted by Gasteiger charge is 2.24. The molecule has 0 aliphatic heterocycles. The Morgan fingerprint density at radius 3 is 2.06 bits per heavy atom. The summed E-state index contributed by atoms with van der Waals surface area (Å²) in [6.45, 7) is 2.27. The quantitative estimate of drug-likeness (QED) is 0.546. The van der Waals surface area contributed by atoms with E-state index < -0.39 is 0 Å². The molecule has 0 aromatic heterocycles. The van der Waals surface area contributed by atoms with Gasteiger partial charge >= 0.3 is 0 Å². The molecule has 2 heteroatoms. The van der Waals surface area contributed by atoms with Crippen LogP contribution in [-0.4, -0.2) is 31.1 Å². The SMILES string of the molecule is CCCCCC(c1ccccc1)[N+](C)(C)C.[OH-]. The minimum Gasteiger partial charge on any atom is -0.870 e. The third-order valence-corrected chi connectivity index (χ3v) is 3.20. The van der Waals surface area contributed by atoms with E-state index in [0.29, 0.717) is 6.04 Å². The fraction of sp³-hybridized carbons (Fsp3) is 0.600. The van der Waals surface area contributed by atoms with E-state index in [9.17, 15) is 0 Å². The summed E-state index contributed by atoms with van der Waals surface area (Å²) in [6.07, 6.45) is 5.29. The first-order chi connectivity index (χ1) is 7.55. The van der Waals surface area contributed by atoms with Crippen molar-refractivity contribution < 1.29 is 9.96 Å². The van der Waals surface area contributed by atoms with Crippen LogP contribution < -0.4 is 0 Å². The lowest BCUT2D eigenvalue weighted by Crippen LogP contribution is -2.38. The largest absolute Gasteiger partial charge is 0.870 e. The lowest BCUT2D eigenvalue weighted by atomic mass is 9.98. The van der Waals surface area contributed by atoms with Crippen molar-refractivity contribution >= 4 is 0 Å². The van der Waals surface area contributed by atoms with Crippen molar-refractivity contribution in [2.24, 2.45) is 0 Å². The van der Waals surface area contributed by atoms with Gasteiger partial charge in [-0.15, -0.1) is 0 Å². The van der Waals surface area contributed by atoms with Crippen LogP contribution in [0.5, 0.6) is 0 Å². The highest BCUT2D eigenvalue weighted by atomic mass is 16.0. The fourth-order valence-corrected chi connectivity index (χ4v) is 2.26. The Balaban J connectivity index is 0.00000256. The van der Waals surface area contributed by atoms with Crippen LogP contribution in [0.4, 0.5) is 0 Å². The molecule has 17 heavy (non-hydrogen) atoms. The molecule has 1 aromatic rings. The lowest BCUT2D eigenvalue weighted by molar-refractivity contribution is -0.902. The van der Waals surface area contributed by atoms with E-state index >= 15 is 0 Å². The Bertz CT molecular complexity index is 290. The van der Waals surface area contributed by atoms with Gasteiger partial charge in [-0.25, -0.2) is 0 Å². The van der Waals surface area contributed by atoms with Crippen molar-refractivity contribution in [3.8, 4) is 0 Å². The van der Waals surface area contributed by atoms with Crippen LogP contribution >= 0.6 is 0 Å². The molecule has 0 spiro atoms. The van der Waals surface area contributed by atoms with Gasteiger partial charge in [0.25, 0.3) is 0 Å². The first-order valence-corrected chi connectivity index (χ1v) is 6.41. The molecule has 1 aromatic carbocycles. The zero-order valence-electron chi connectivity index (χ0n) is 11.7. The maximum absolute atomic E-state index is 2.30. The van der Waals surface area contributed by atoms with Crippen molar-refractivity contribution in [2.45, 2.75) is 38.6 Å². The molecule has 98 valence electrons. The molecule has 1 atom stereocenters. The summed E-state index contributed by atoms with van der Waals surface area (Å²) in [7, 11) is 6.89. The zero-order valence-corrected chi connectivity index (χ0v) is 11.7. The molecule has 1 rings (SSSR count). The average Bonchev–Trinajstić information content (AvgIpc) is 2.24. The van der Waals surface area contributed by atoms with E-state index in [2.05, 4.69) is 58.4 Å².